The number of carboxylic acid groups (broad SMARTS) is 1. The molecule has 0 spiro atoms. The maximum absolute atomic E-state index is 15.3. The standard InChI is InChI=1S/C41H38F8N4O6S/c42-34-35(43)37(45)39(38(46)36(34)44)60(57,58)52(21-27-19-50-12-11-30(27)41(47,48)49)22-33(54)53(31-10-9-25(40(55)56)18-32(31)59-29-5-1-2-6-29)20-23-15-26(24-7-8-24)17-28(16-23)51-13-3-4-14-51/h9-12,15-19,24,29H,1-8,13-14,20-22H2,(H,55,56). The summed E-state index contributed by atoms with van der Waals surface area (Å²) >= 11 is 0. The molecule has 2 saturated carbocycles. The number of hydrogen-bond donors (Lipinski definition) is 1. The molecule has 1 saturated heterocycles. The number of halogens is 8. The molecule has 1 amide bonds. The Hall–Kier alpha value is -5.30. The molecule has 1 aliphatic heterocycles. The number of benzene rings is 3. The zero-order valence-corrected chi connectivity index (χ0v) is 32.6. The van der Waals surface area contributed by atoms with E-state index in [4.69, 9.17) is 4.74 Å². The van der Waals surface area contributed by atoms with Crippen LogP contribution in [0.4, 0.5) is 46.5 Å². The molecule has 60 heavy (non-hydrogen) atoms. The van der Waals surface area contributed by atoms with Gasteiger partial charge in [-0.3, -0.25) is 9.78 Å². The number of alkyl halides is 3. The Morgan fingerprint density at radius 3 is 2.10 bits per heavy atom. The van der Waals surface area contributed by atoms with Gasteiger partial charge in [-0.05, 0) is 110 Å². The van der Waals surface area contributed by atoms with E-state index in [1.807, 2.05) is 18.2 Å². The van der Waals surface area contributed by atoms with Crippen molar-refractivity contribution in [2.75, 3.05) is 29.4 Å². The maximum atomic E-state index is 15.3. The van der Waals surface area contributed by atoms with E-state index in [1.165, 1.54) is 12.1 Å². The van der Waals surface area contributed by atoms with Crippen molar-refractivity contribution in [3.63, 3.8) is 0 Å². The summed E-state index contributed by atoms with van der Waals surface area (Å²) in [7, 11) is -6.06. The first kappa shape index (κ1) is 42.8. The zero-order chi connectivity index (χ0) is 43.1. The van der Waals surface area contributed by atoms with E-state index < -0.39 is 92.4 Å². The average molecular weight is 867 g/mol. The van der Waals surface area contributed by atoms with Gasteiger partial charge in [-0.25, -0.2) is 35.2 Å². The predicted molar refractivity (Wildman–Crippen MR) is 200 cm³/mol. The fourth-order valence-corrected chi connectivity index (χ4v) is 9.14. The van der Waals surface area contributed by atoms with Crippen LogP contribution in [-0.4, -0.2) is 60.4 Å². The Morgan fingerprint density at radius 2 is 1.48 bits per heavy atom. The highest BCUT2D eigenvalue weighted by molar-refractivity contribution is 7.89. The molecule has 3 fully saturated rings. The topological polar surface area (TPSA) is 120 Å². The molecule has 0 atom stereocenters. The minimum atomic E-state index is -6.06. The summed E-state index contributed by atoms with van der Waals surface area (Å²) in [4.78, 5) is 31.3. The summed E-state index contributed by atoms with van der Waals surface area (Å²) in [6, 6.07) is 9.74. The van der Waals surface area contributed by atoms with Gasteiger partial charge < -0.3 is 19.6 Å². The first-order chi connectivity index (χ1) is 28.4. The van der Waals surface area contributed by atoms with Crippen molar-refractivity contribution < 1.29 is 63.0 Å². The van der Waals surface area contributed by atoms with Crippen LogP contribution >= 0.6 is 0 Å². The highest BCUT2D eigenvalue weighted by Gasteiger charge is 2.41. The number of carbonyl (C=O) groups excluding carboxylic acids is 1. The average Bonchev–Trinajstić information content (AvgIpc) is 3.65. The number of rotatable bonds is 14. The molecule has 3 aliphatic rings. The molecular weight excluding hydrogens is 829 g/mol. The number of anilines is 2. The van der Waals surface area contributed by atoms with Gasteiger partial charge in [0.25, 0.3) is 0 Å². The number of aromatic nitrogens is 1. The van der Waals surface area contributed by atoms with Crippen LogP contribution in [0, 0.1) is 29.1 Å². The lowest BCUT2D eigenvalue weighted by atomic mass is 10.0. The number of ether oxygens (including phenoxy) is 1. The van der Waals surface area contributed by atoms with Gasteiger partial charge in [0, 0.05) is 37.7 Å². The second kappa shape index (κ2) is 17.0. The van der Waals surface area contributed by atoms with Gasteiger partial charge in [0.15, 0.2) is 28.2 Å². The van der Waals surface area contributed by atoms with E-state index in [9.17, 15) is 49.5 Å². The minimum absolute atomic E-state index is 0.0811. The van der Waals surface area contributed by atoms with Crippen molar-refractivity contribution in [3.8, 4) is 5.75 Å². The smallest absolute Gasteiger partial charge is 0.416 e. The van der Waals surface area contributed by atoms with E-state index in [0.29, 0.717) is 30.7 Å². The number of amides is 1. The fourth-order valence-electron chi connectivity index (χ4n) is 7.66. The molecule has 0 bridgehead atoms. The van der Waals surface area contributed by atoms with E-state index in [1.54, 1.807) is 0 Å². The van der Waals surface area contributed by atoms with Crippen LogP contribution in [0.5, 0.6) is 5.75 Å². The third-order valence-corrected chi connectivity index (χ3v) is 12.7. The fraction of sp³-hybridized carbons (Fsp3) is 0.390. The lowest BCUT2D eigenvalue weighted by Crippen LogP contribution is -2.43. The van der Waals surface area contributed by atoms with E-state index in [2.05, 4.69) is 9.88 Å². The number of nitrogens with zero attached hydrogens (tertiary/aromatic N) is 4. The third kappa shape index (κ3) is 8.91. The number of sulfonamides is 1. The SMILES string of the molecule is O=C(O)c1ccc(N(Cc2cc(C3CC3)cc(N3CCCC3)c2)C(=O)CN(Cc2cnccc2C(F)(F)F)S(=O)(=O)c2c(F)c(F)c(F)c(F)c2F)c(OC2CCCC2)c1. The van der Waals surface area contributed by atoms with Gasteiger partial charge in [0.2, 0.25) is 21.7 Å². The van der Waals surface area contributed by atoms with Crippen molar-refractivity contribution in [3.05, 3.63) is 112 Å². The molecule has 2 aliphatic carbocycles. The van der Waals surface area contributed by atoms with Gasteiger partial charge in [-0.2, -0.15) is 17.5 Å². The van der Waals surface area contributed by atoms with Gasteiger partial charge in [0.1, 0.15) is 5.75 Å². The van der Waals surface area contributed by atoms with Crippen LogP contribution in [0.2, 0.25) is 0 Å². The Balaban J connectivity index is 1.38. The van der Waals surface area contributed by atoms with E-state index in [-0.39, 0.29) is 33.8 Å². The van der Waals surface area contributed by atoms with Gasteiger partial charge in [-0.1, -0.05) is 6.07 Å². The predicted octanol–water partition coefficient (Wildman–Crippen LogP) is 8.72. The lowest BCUT2D eigenvalue weighted by Gasteiger charge is -2.30. The normalized spacial score (nSPS) is 16.2. The third-order valence-electron chi connectivity index (χ3n) is 10.9. The van der Waals surface area contributed by atoms with Crippen molar-refractivity contribution in [1.29, 1.82) is 0 Å². The molecule has 19 heteroatoms. The summed E-state index contributed by atoms with van der Waals surface area (Å²) in [5, 5.41) is 9.87. The van der Waals surface area contributed by atoms with E-state index >= 15 is 8.78 Å². The molecule has 7 rings (SSSR count). The highest BCUT2D eigenvalue weighted by Crippen LogP contribution is 2.43. The van der Waals surface area contributed by atoms with Gasteiger partial charge in [-0.15, -0.1) is 0 Å². The molecule has 0 radical (unpaired) electrons. The number of carbonyl (C=O) groups is 2. The first-order valence-corrected chi connectivity index (χ1v) is 20.6. The Labute approximate surface area is 339 Å². The van der Waals surface area contributed by atoms with Crippen LogP contribution in [0.3, 0.4) is 0 Å². The molecule has 4 aromatic rings. The second-order valence-electron chi connectivity index (χ2n) is 15.1. The minimum Gasteiger partial charge on any atom is -0.488 e. The van der Waals surface area contributed by atoms with Crippen LogP contribution < -0.4 is 14.5 Å². The lowest BCUT2D eigenvalue weighted by molar-refractivity contribution is -0.138. The van der Waals surface area contributed by atoms with Crippen LogP contribution in [0.15, 0.2) is 59.8 Å². The van der Waals surface area contributed by atoms with Gasteiger partial charge in [0.05, 0.1) is 36.0 Å². The van der Waals surface area contributed by atoms with Crippen LogP contribution in [-0.2, 0) is 34.1 Å². The Kier molecular flexibility index (Phi) is 12.1. The number of pyridine rings is 1. The zero-order valence-electron chi connectivity index (χ0n) is 31.8. The molecular formula is C41H38F8N4O6S. The van der Waals surface area contributed by atoms with Crippen LogP contribution in [0.1, 0.15) is 89.9 Å². The summed E-state index contributed by atoms with van der Waals surface area (Å²) in [6.07, 6.45) is 2.17. The molecule has 10 nitrogen and oxygen atoms in total. The van der Waals surface area contributed by atoms with Crippen molar-refractivity contribution in [2.45, 2.75) is 87.5 Å². The molecule has 2 heterocycles. The Bertz CT molecular complexity index is 2390. The van der Waals surface area contributed by atoms with Crippen LogP contribution in [0.25, 0.3) is 0 Å². The largest absolute Gasteiger partial charge is 0.488 e. The monoisotopic (exact) mass is 866 g/mol. The Morgan fingerprint density at radius 1 is 0.833 bits per heavy atom. The van der Waals surface area contributed by atoms with Crippen molar-refractivity contribution >= 4 is 33.3 Å². The van der Waals surface area contributed by atoms with Gasteiger partial charge >= 0.3 is 12.1 Å². The number of aromatic carboxylic acids is 1. The van der Waals surface area contributed by atoms with Crippen molar-refractivity contribution in [1.82, 2.24) is 9.29 Å². The summed E-state index contributed by atoms with van der Waals surface area (Å²) < 4.78 is 151. The molecule has 320 valence electrons. The first-order valence-electron chi connectivity index (χ1n) is 19.2. The molecule has 3 aromatic carbocycles. The molecule has 1 N–H and O–H groups in total. The second-order valence-corrected chi connectivity index (χ2v) is 17.0. The molecule has 0 unspecified atom stereocenters. The molecule has 1 aromatic heterocycles. The summed E-state index contributed by atoms with van der Waals surface area (Å²) in [5.74, 6) is -16.0. The number of carboxylic acids is 1. The maximum Gasteiger partial charge on any atom is 0.416 e. The highest BCUT2D eigenvalue weighted by atomic mass is 32.2. The van der Waals surface area contributed by atoms with E-state index in [0.717, 1.165) is 80.0 Å². The quantitative estimate of drug-likeness (QED) is 0.0760. The van der Waals surface area contributed by atoms with Crippen molar-refractivity contribution in [2.24, 2.45) is 0 Å². The summed E-state index contributed by atoms with van der Waals surface area (Å²) in [5.41, 5.74) is -0.376. The summed E-state index contributed by atoms with van der Waals surface area (Å²) in [6.45, 7) is -1.83. The number of hydrogen-bond acceptors (Lipinski definition) is 7.